The second-order valence-electron chi connectivity index (χ2n) is 5.87. The van der Waals surface area contributed by atoms with Gasteiger partial charge in [-0.3, -0.25) is 10.1 Å². The van der Waals surface area contributed by atoms with Crippen molar-refractivity contribution < 1.29 is 13.3 Å². The number of aryl methyl sites for hydroxylation is 1. The molecule has 6 nitrogen and oxygen atoms in total. The number of sulfone groups is 1. The van der Waals surface area contributed by atoms with Crippen molar-refractivity contribution in [1.82, 2.24) is 0 Å². The Morgan fingerprint density at radius 2 is 1.79 bits per heavy atom. The van der Waals surface area contributed by atoms with Crippen molar-refractivity contribution in [2.45, 2.75) is 24.7 Å². The molecule has 7 heteroatoms. The highest BCUT2D eigenvalue weighted by molar-refractivity contribution is 7.90. The minimum atomic E-state index is -3.68. The van der Waals surface area contributed by atoms with Gasteiger partial charge in [0.2, 0.25) is 0 Å². The summed E-state index contributed by atoms with van der Waals surface area (Å²) in [5.74, 6) is 0.118. The largest absolute Gasteiger partial charge is 0.379 e. The Labute approximate surface area is 141 Å². The van der Waals surface area contributed by atoms with E-state index in [2.05, 4.69) is 5.32 Å². The summed E-state index contributed by atoms with van der Waals surface area (Å²) in [4.78, 5) is 10.4. The van der Waals surface area contributed by atoms with Crippen LogP contribution in [0.4, 0.5) is 11.4 Å². The summed E-state index contributed by atoms with van der Waals surface area (Å²) in [6, 6.07) is 12.3. The Bertz CT molecular complexity index is 845. The average molecular weight is 348 g/mol. The lowest BCUT2D eigenvalue weighted by atomic mass is 10.00. The number of nitrogens with one attached hydrogen (secondary N) is 1. The standard InChI is InChI=1S/C17H20N2O4S/c1-12-7-9-14(10-8-12)13(2)11-18-15-5-4-6-16(24(3,22)23)17(15)19(20)21/h4-10,13,18H,11H2,1-3H3. The first-order valence-corrected chi connectivity index (χ1v) is 9.37. The Hall–Kier alpha value is -2.41. The maximum atomic E-state index is 11.8. The molecule has 0 amide bonds. The molecule has 0 spiro atoms. The molecule has 0 fully saturated rings. The van der Waals surface area contributed by atoms with Crippen LogP contribution in [0.2, 0.25) is 0 Å². The highest BCUT2D eigenvalue weighted by Crippen LogP contribution is 2.32. The van der Waals surface area contributed by atoms with E-state index < -0.39 is 20.4 Å². The number of rotatable bonds is 6. The molecule has 0 aliphatic carbocycles. The van der Waals surface area contributed by atoms with E-state index in [9.17, 15) is 18.5 Å². The van der Waals surface area contributed by atoms with E-state index >= 15 is 0 Å². The Morgan fingerprint density at radius 1 is 1.17 bits per heavy atom. The lowest BCUT2D eigenvalue weighted by Crippen LogP contribution is -2.12. The summed E-state index contributed by atoms with van der Waals surface area (Å²) in [5.41, 5.74) is 2.07. The zero-order chi connectivity index (χ0) is 17.9. The Balaban J connectivity index is 2.27. The summed E-state index contributed by atoms with van der Waals surface area (Å²) in [6.45, 7) is 4.47. The summed E-state index contributed by atoms with van der Waals surface area (Å²) < 4.78 is 23.5. The Morgan fingerprint density at radius 3 is 2.33 bits per heavy atom. The van der Waals surface area contributed by atoms with E-state index in [4.69, 9.17) is 0 Å². The zero-order valence-corrected chi connectivity index (χ0v) is 14.6. The lowest BCUT2D eigenvalue weighted by molar-refractivity contribution is -0.386. The summed E-state index contributed by atoms with van der Waals surface area (Å²) in [6.07, 6.45) is 0.966. The van der Waals surface area contributed by atoms with Gasteiger partial charge in [-0.25, -0.2) is 8.42 Å². The van der Waals surface area contributed by atoms with E-state index in [0.717, 1.165) is 17.4 Å². The maximum Gasteiger partial charge on any atom is 0.310 e. The molecule has 0 radical (unpaired) electrons. The van der Waals surface area contributed by atoms with Gasteiger partial charge in [-0.1, -0.05) is 42.8 Å². The van der Waals surface area contributed by atoms with E-state index in [-0.39, 0.29) is 16.5 Å². The lowest BCUT2D eigenvalue weighted by Gasteiger charge is -2.15. The highest BCUT2D eigenvalue weighted by atomic mass is 32.2. The van der Waals surface area contributed by atoms with Crippen LogP contribution in [0.15, 0.2) is 47.4 Å². The molecule has 2 aromatic carbocycles. The number of nitro benzene ring substituents is 1. The third-order valence-electron chi connectivity index (χ3n) is 3.83. The first kappa shape index (κ1) is 17.9. The van der Waals surface area contributed by atoms with Crippen LogP contribution in [-0.2, 0) is 9.84 Å². The molecule has 2 aromatic rings. The second kappa shape index (κ2) is 7.00. The molecule has 0 aliphatic heterocycles. The number of benzene rings is 2. The number of nitrogens with zero attached hydrogens (tertiary/aromatic N) is 1. The SMILES string of the molecule is Cc1ccc(C(C)CNc2cccc(S(C)(=O)=O)c2[N+](=O)[O-])cc1. The average Bonchev–Trinajstić information content (AvgIpc) is 2.51. The molecule has 0 saturated heterocycles. The van der Waals surface area contributed by atoms with E-state index in [1.54, 1.807) is 0 Å². The molecule has 2 rings (SSSR count). The number of anilines is 1. The fourth-order valence-corrected chi connectivity index (χ4v) is 3.29. The van der Waals surface area contributed by atoms with Crippen molar-refractivity contribution in [3.8, 4) is 0 Å². The van der Waals surface area contributed by atoms with Crippen LogP contribution in [0.3, 0.4) is 0 Å². The smallest absolute Gasteiger partial charge is 0.310 e. The quantitative estimate of drug-likeness (QED) is 0.637. The third kappa shape index (κ3) is 4.11. The minimum Gasteiger partial charge on any atom is -0.379 e. The Kier molecular flexibility index (Phi) is 5.23. The first-order valence-electron chi connectivity index (χ1n) is 7.48. The van der Waals surface area contributed by atoms with Crippen LogP contribution in [-0.4, -0.2) is 26.1 Å². The molecule has 0 heterocycles. The third-order valence-corrected chi connectivity index (χ3v) is 4.95. The topological polar surface area (TPSA) is 89.3 Å². The summed E-state index contributed by atoms with van der Waals surface area (Å²) >= 11 is 0. The highest BCUT2D eigenvalue weighted by Gasteiger charge is 2.26. The molecule has 1 atom stereocenters. The number of hydrogen-bond donors (Lipinski definition) is 1. The molecule has 1 unspecified atom stereocenters. The number of para-hydroxylation sites is 1. The summed E-state index contributed by atoms with van der Waals surface area (Å²) in [7, 11) is -3.68. The fraction of sp³-hybridized carbons (Fsp3) is 0.294. The van der Waals surface area contributed by atoms with Crippen LogP contribution in [0, 0.1) is 17.0 Å². The van der Waals surface area contributed by atoms with Gasteiger partial charge in [0.1, 0.15) is 10.6 Å². The molecule has 0 aliphatic rings. The molecule has 1 N–H and O–H groups in total. The number of hydrogen-bond acceptors (Lipinski definition) is 5. The predicted molar refractivity (Wildman–Crippen MR) is 94.3 cm³/mol. The van der Waals surface area contributed by atoms with E-state index in [1.807, 2.05) is 38.1 Å². The molecular weight excluding hydrogens is 328 g/mol. The monoisotopic (exact) mass is 348 g/mol. The summed E-state index contributed by atoms with van der Waals surface area (Å²) in [5, 5.41) is 14.4. The van der Waals surface area contributed by atoms with Gasteiger partial charge in [0.05, 0.1) is 4.92 Å². The van der Waals surface area contributed by atoms with Gasteiger partial charge < -0.3 is 5.32 Å². The van der Waals surface area contributed by atoms with E-state index in [1.165, 1.54) is 18.2 Å². The van der Waals surface area contributed by atoms with Gasteiger partial charge in [-0.05, 0) is 30.5 Å². The van der Waals surface area contributed by atoms with Crippen LogP contribution in [0.1, 0.15) is 24.0 Å². The zero-order valence-electron chi connectivity index (χ0n) is 13.8. The number of nitro groups is 1. The van der Waals surface area contributed by atoms with Crippen molar-refractivity contribution >= 4 is 21.2 Å². The second-order valence-corrected chi connectivity index (χ2v) is 7.86. The van der Waals surface area contributed by atoms with Crippen molar-refractivity contribution in [2.75, 3.05) is 18.1 Å². The first-order chi connectivity index (χ1) is 11.2. The van der Waals surface area contributed by atoms with Crippen LogP contribution in [0.5, 0.6) is 0 Å². The van der Waals surface area contributed by atoms with Crippen LogP contribution >= 0.6 is 0 Å². The van der Waals surface area contributed by atoms with Gasteiger partial charge in [-0.2, -0.15) is 0 Å². The van der Waals surface area contributed by atoms with Gasteiger partial charge in [0.15, 0.2) is 9.84 Å². The maximum absolute atomic E-state index is 11.8. The van der Waals surface area contributed by atoms with Crippen LogP contribution < -0.4 is 5.32 Å². The molecule has 0 saturated carbocycles. The van der Waals surface area contributed by atoms with Gasteiger partial charge in [0.25, 0.3) is 0 Å². The predicted octanol–water partition coefficient (Wildman–Crippen LogP) is 3.52. The van der Waals surface area contributed by atoms with Gasteiger partial charge in [-0.15, -0.1) is 0 Å². The fourth-order valence-electron chi connectivity index (χ4n) is 2.43. The van der Waals surface area contributed by atoms with Crippen molar-refractivity contribution in [3.05, 3.63) is 63.7 Å². The molecule has 128 valence electrons. The van der Waals surface area contributed by atoms with Crippen molar-refractivity contribution in [2.24, 2.45) is 0 Å². The molecule has 0 aromatic heterocycles. The molecule has 0 bridgehead atoms. The van der Waals surface area contributed by atoms with Gasteiger partial charge in [0, 0.05) is 12.8 Å². The van der Waals surface area contributed by atoms with Gasteiger partial charge >= 0.3 is 5.69 Å². The minimum absolute atomic E-state index is 0.118. The van der Waals surface area contributed by atoms with Crippen molar-refractivity contribution in [3.63, 3.8) is 0 Å². The van der Waals surface area contributed by atoms with E-state index in [0.29, 0.717) is 6.54 Å². The molecular formula is C17H20N2O4S. The van der Waals surface area contributed by atoms with Crippen molar-refractivity contribution in [1.29, 1.82) is 0 Å². The molecule has 24 heavy (non-hydrogen) atoms. The normalized spacial score (nSPS) is 12.6. The van der Waals surface area contributed by atoms with Crippen LogP contribution in [0.25, 0.3) is 0 Å².